The van der Waals surface area contributed by atoms with E-state index >= 15 is 0 Å². The summed E-state index contributed by atoms with van der Waals surface area (Å²) in [6.07, 6.45) is 11.0. The Balaban J connectivity index is 0.00000115. The van der Waals surface area contributed by atoms with Gasteiger partial charge in [-0.1, -0.05) is 44.9 Å². The van der Waals surface area contributed by atoms with Gasteiger partial charge < -0.3 is 19.9 Å². The van der Waals surface area contributed by atoms with E-state index in [0.717, 1.165) is 61.5 Å². The molecule has 7 heteroatoms. The van der Waals surface area contributed by atoms with Crippen LogP contribution in [-0.2, 0) is 0 Å². The van der Waals surface area contributed by atoms with Crippen molar-refractivity contribution in [1.29, 1.82) is 0 Å². The van der Waals surface area contributed by atoms with Crippen molar-refractivity contribution < 1.29 is 5.11 Å². The molecule has 0 amide bonds. The van der Waals surface area contributed by atoms with Crippen LogP contribution in [0.2, 0.25) is 0 Å². The first-order chi connectivity index (χ1) is 17.5. The predicted octanol–water partition coefficient (Wildman–Crippen LogP) is 5.05. The molecule has 3 heterocycles. The number of piperazine rings is 1. The molecule has 2 aromatic rings. The highest BCUT2D eigenvalue weighted by molar-refractivity contribution is 6.12. The van der Waals surface area contributed by atoms with Crippen molar-refractivity contribution in [3.63, 3.8) is 0 Å². The van der Waals surface area contributed by atoms with Crippen LogP contribution in [0.15, 0.2) is 69.4 Å². The molecule has 1 aromatic heterocycles. The molecule has 0 unspecified atom stereocenters. The molecule has 0 bridgehead atoms. The number of aromatic nitrogens is 1. The van der Waals surface area contributed by atoms with Crippen molar-refractivity contribution in [2.45, 2.75) is 47.0 Å². The number of phenols is 1. The Kier molecular flexibility index (Phi) is 10.2. The van der Waals surface area contributed by atoms with Crippen LogP contribution in [0.1, 0.15) is 52.5 Å². The lowest BCUT2D eigenvalue weighted by Gasteiger charge is -2.29. The highest BCUT2D eigenvalue weighted by Gasteiger charge is 2.19. The maximum Gasteiger partial charge on any atom is 0.131 e. The summed E-state index contributed by atoms with van der Waals surface area (Å²) in [5.74, 6) is 1.20. The number of amidine groups is 1. The lowest BCUT2D eigenvalue weighted by Crippen LogP contribution is -2.46. The summed E-state index contributed by atoms with van der Waals surface area (Å²) in [6.45, 7) is 12.2. The van der Waals surface area contributed by atoms with Gasteiger partial charge >= 0.3 is 0 Å². The van der Waals surface area contributed by atoms with Gasteiger partial charge in [-0.3, -0.25) is 4.99 Å². The second-order valence-corrected chi connectivity index (χ2v) is 8.90. The molecule has 36 heavy (non-hydrogen) atoms. The van der Waals surface area contributed by atoms with Crippen LogP contribution in [0.4, 0.5) is 0 Å². The first-order valence-electron chi connectivity index (χ1n) is 13.0. The maximum absolute atomic E-state index is 10.9. The van der Waals surface area contributed by atoms with Crippen molar-refractivity contribution in [3.05, 3.63) is 65.3 Å². The second-order valence-electron chi connectivity index (χ2n) is 8.90. The quantitative estimate of drug-likeness (QED) is 0.633. The molecule has 0 aliphatic carbocycles. The number of hydrogen-bond donors (Lipinski definition) is 2. The summed E-state index contributed by atoms with van der Waals surface area (Å²) in [6, 6.07) is 9.72. The second kappa shape index (κ2) is 13.6. The Labute approximate surface area is 215 Å². The summed E-state index contributed by atoms with van der Waals surface area (Å²) in [5.41, 5.74) is 5.44. The molecule has 7 nitrogen and oxygen atoms in total. The number of aromatic hydroxyl groups is 1. The van der Waals surface area contributed by atoms with E-state index in [1.54, 1.807) is 13.1 Å². The highest BCUT2D eigenvalue weighted by atomic mass is 16.3. The van der Waals surface area contributed by atoms with Crippen molar-refractivity contribution >= 4 is 17.7 Å². The average Bonchev–Trinajstić information content (AvgIpc) is 3.13. The maximum atomic E-state index is 10.9. The minimum absolute atomic E-state index is 0.195. The fraction of sp³-hybridized carbons (Fsp3) is 0.414. The molecule has 0 radical (unpaired) electrons. The smallest absolute Gasteiger partial charge is 0.131 e. The predicted molar refractivity (Wildman–Crippen MR) is 151 cm³/mol. The van der Waals surface area contributed by atoms with Gasteiger partial charge in [0.15, 0.2) is 0 Å². The fourth-order valence-electron chi connectivity index (χ4n) is 4.16. The molecule has 2 N–H and O–H groups in total. The van der Waals surface area contributed by atoms with E-state index in [2.05, 4.69) is 52.3 Å². The largest absolute Gasteiger partial charge is 0.507 e. The van der Waals surface area contributed by atoms with Crippen LogP contribution in [0.25, 0.3) is 17.3 Å². The van der Waals surface area contributed by atoms with Crippen LogP contribution >= 0.6 is 0 Å². The Morgan fingerprint density at radius 2 is 1.78 bits per heavy atom. The molecular formula is C29H40N6O. The Hall–Kier alpha value is -3.45. The van der Waals surface area contributed by atoms with Crippen LogP contribution in [0.3, 0.4) is 0 Å². The number of allylic oxidation sites excluding steroid dienone is 2. The summed E-state index contributed by atoms with van der Waals surface area (Å²) < 4.78 is 1.97. The molecular weight excluding hydrogens is 448 g/mol. The van der Waals surface area contributed by atoms with E-state index in [4.69, 9.17) is 0 Å². The van der Waals surface area contributed by atoms with Crippen molar-refractivity contribution in [2.24, 2.45) is 15.2 Å². The molecule has 192 valence electrons. The first-order valence-corrected chi connectivity index (χ1v) is 13.0. The molecule has 0 saturated carbocycles. The molecule has 1 aromatic carbocycles. The van der Waals surface area contributed by atoms with Gasteiger partial charge in [-0.15, -0.1) is 10.2 Å². The molecule has 4 rings (SSSR count). The van der Waals surface area contributed by atoms with E-state index in [1.807, 2.05) is 54.2 Å². The Bertz CT molecular complexity index is 1210. The number of phenolic OH excluding ortho intramolecular Hbond substituents is 1. The van der Waals surface area contributed by atoms with Gasteiger partial charge in [0, 0.05) is 57.6 Å². The van der Waals surface area contributed by atoms with Gasteiger partial charge in [0.2, 0.25) is 0 Å². The van der Waals surface area contributed by atoms with Gasteiger partial charge in [-0.25, -0.2) is 0 Å². The fourth-order valence-corrected chi connectivity index (χ4v) is 4.16. The molecule has 1 saturated heterocycles. The molecule has 2 aliphatic rings. The summed E-state index contributed by atoms with van der Waals surface area (Å²) in [7, 11) is 1.78. The van der Waals surface area contributed by atoms with Crippen LogP contribution in [-0.4, -0.2) is 59.3 Å². The van der Waals surface area contributed by atoms with Crippen LogP contribution < -0.4 is 10.8 Å². The van der Waals surface area contributed by atoms with Gasteiger partial charge in [0.25, 0.3) is 0 Å². The summed E-state index contributed by atoms with van der Waals surface area (Å²) in [4.78, 5) is 6.61. The zero-order valence-corrected chi connectivity index (χ0v) is 22.3. The zero-order chi connectivity index (χ0) is 25.9. The standard InChI is InChI=1S/C26H32N6O.C3H8/c1-4-12-32-18-21(7-9-25(32)27-3)20-6-8-22(24(33)17-20)23-15-19(5-2)16-26(30-29-23)31-13-10-28-11-14-31;1-3-2/h4,6-9,12,15,17-18,28,33H,5,10-11,13-14,16H2,1-3H3;3H2,1-2H3/b12-4+,27-25?;. The molecule has 0 atom stereocenters. The minimum Gasteiger partial charge on any atom is -0.507 e. The van der Waals surface area contributed by atoms with E-state index in [0.29, 0.717) is 11.3 Å². The zero-order valence-electron chi connectivity index (χ0n) is 22.3. The topological polar surface area (TPSA) is 77.5 Å². The third-order valence-electron chi connectivity index (χ3n) is 6.04. The molecule has 0 spiro atoms. The van der Waals surface area contributed by atoms with Gasteiger partial charge in [-0.2, -0.15) is 0 Å². The molecule has 2 aliphatic heterocycles. The van der Waals surface area contributed by atoms with Crippen LogP contribution in [0, 0.1) is 0 Å². The minimum atomic E-state index is 0.195. The van der Waals surface area contributed by atoms with Gasteiger partial charge in [0.1, 0.15) is 17.1 Å². The number of nitrogens with one attached hydrogen (secondary N) is 1. The number of hydrogen-bond acceptors (Lipinski definition) is 6. The number of rotatable bonds is 4. The van der Waals surface area contributed by atoms with Crippen molar-refractivity contribution in [3.8, 4) is 16.9 Å². The van der Waals surface area contributed by atoms with E-state index in [1.165, 1.54) is 12.0 Å². The lowest BCUT2D eigenvalue weighted by atomic mass is 9.99. The van der Waals surface area contributed by atoms with E-state index < -0.39 is 0 Å². The third-order valence-corrected chi connectivity index (χ3v) is 6.04. The number of pyridine rings is 1. The SMILES string of the molecule is C/C=C/n1cc(-c2ccc(C3=NN=C(N4CCNCC4)CC(CC)=C3)c(O)c2)ccc1=NC.CCC. The molecule has 1 fully saturated rings. The van der Waals surface area contributed by atoms with E-state index in [9.17, 15) is 5.11 Å². The van der Waals surface area contributed by atoms with Crippen molar-refractivity contribution in [2.75, 3.05) is 33.2 Å². The normalized spacial score (nSPS) is 16.6. The summed E-state index contributed by atoms with van der Waals surface area (Å²) in [5, 5.41) is 23.5. The monoisotopic (exact) mass is 488 g/mol. The number of nitrogens with zero attached hydrogens (tertiary/aromatic N) is 5. The summed E-state index contributed by atoms with van der Waals surface area (Å²) >= 11 is 0. The van der Waals surface area contributed by atoms with E-state index in [-0.39, 0.29) is 5.75 Å². The Morgan fingerprint density at radius 1 is 1.06 bits per heavy atom. The van der Waals surface area contributed by atoms with Crippen LogP contribution in [0.5, 0.6) is 5.75 Å². The highest BCUT2D eigenvalue weighted by Crippen LogP contribution is 2.28. The van der Waals surface area contributed by atoms with Gasteiger partial charge in [-0.05, 0) is 54.8 Å². The third kappa shape index (κ3) is 6.82. The lowest BCUT2D eigenvalue weighted by molar-refractivity contribution is 0.352. The van der Waals surface area contributed by atoms with Crippen molar-refractivity contribution in [1.82, 2.24) is 14.8 Å². The average molecular weight is 489 g/mol. The number of benzene rings is 1. The van der Waals surface area contributed by atoms with Gasteiger partial charge in [0.05, 0.1) is 5.71 Å². The Morgan fingerprint density at radius 3 is 2.42 bits per heavy atom. The first kappa shape index (κ1) is 27.1.